The zero-order valence-electron chi connectivity index (χ0n) is 11.3. The summed E-state index contributed by atoms with van der Waals surface area (Å²) in [6.45, 7) is 0.155. The molecule has 1 aromatic rings. The highest BCUT2D eigenvalue weighted by molar-refractivity contribution is 7.89. The molecule has 0 unspecified atom stereocenters. The van der Waals surface area contributed by atoms with Crippen LogP contribution < -0.4 is 10.0 Å². The lowest BCUT2D eigenvalue weighted by Gasteiger charge is -2.11. The molecule has 0 amide bonds. The van der Waals surface area contributed by atoms with Gasteiger partial charge >= 0.3 is 6.18 Å². The quantitative estimate of drug-likeness (QED) is 0.748. The first-order valence-corrected chi connectivity index (χ1v) is 8.01. The van der Waals surface area contributed by atoms with E-state index in [1.54, 1.807) is 13.1 Å². The summed E-state index contributed by atoms with van der Waals surface area (Å²) in [6.07, 6.45) is -5.66. The summed E-state index contributed by atoms with van der Waals surface area (Å²) >= 11 is 5.85. The van der Waals surface area contributed by atoms with Crippen molar-refractivity contribution < 1.29 is 21.6 Å². The second-order valence-corrected chi connectivity index (χ2v) is 6.55. The summed E-state index contributed by atoms with van der Waals surface area (Å²) in [5.41, 5.74) is 0.706. The molecule has 9 heteroatoms. The van der Waals surface area contributed by atoms with Crippen molar-refractivity contribution in [3.8, 4) is 0 Å². The van der Waals surface area contributed by atoms with Crippen molar-refractivity contribution in [2.24, 2.45) is 0 Å². The molecule has 4 nitrogen and oxygen atoms in total. The van der Waals surface area contributed by atoms with Crippen LogP contribution in [-0.4, -0.2) is 28.2 Å². The molecule has 0 saturated carbocycles. The van der Waals surface area contributed by atoms with Gasteiger partial charge in [0.2, 0.25) is 10.0 Å². The number of halogens is 4. The van der Waals surface area contributed by atoms with Gasteiger partial charge in [-0.25, -0.2) is 13.1 Å². The fourth-order valence-electron chi connectivity index (χ4n) is 1.64. The normalized spacial score (nSPS) is 12.6. The van der Waals surface area contributed by atoms with Crippen LogP contribution in [0.25, 0.3) is 0 Å². The lowest BCUT2D eigenvalue weighted by Crippen LogP contribution is -2.26. The summed E-state index contributed by atoms with van der Waals surface area (Å²) in [6, 6.07) is 4.50. The fraction of sp³-hybridized carbons (Fsp3) is 0.500. The van der Waals surface area contributed by atoms with Crippen molar-refractivity contribution in [3.05, 3.63) is 28.8 Å². The van der Waals surface area contributed by atoms with Gasteiger partial charge in [0, 0.05) is 19.5 Å². The van der Waals surface area contributed by atoms with E-state index in [2.05, 4.69) is 10.0 Å². The first-order valence-electron chi connectivity index (χ1n) is 6.15. The van der Waals surface area contributed by atoms with Gasteiger partial charge in [-0.05, 0) is 31.2 Å². The molecule has 0 fully saturated rings. The minimum absolute atomic E-state index is 0.0261. The van der Waals surface area contributed by atoms with Crippen molar-refractivity contribution in [2.45, 2.75) is 30.5 Å². The van der Waals surface area contributed by atoms with E-state index in [1.807, 2.05) is 0 Å². The molecule has 0 aromatic heterocycles. The van der Waals surface area contributed by atoms with Crippen molar-refractivity contribution in [3.63, 3.8) is 0 Å². The lowest BCUT2D eigenvalue weighted by atomic mass is 10.2. The molecular weight excluding hydrogens is 329 g/mol. The molecule has 0 heterocycles. The van der Waals surface area contributed by atoms with Gasteiger partial charge in [0.25, 0.3) is 0 Å². The molecule has 0 spiro atoms. The van der Waals surface area contributed by atoms with Crippen LogP contribution in [0, 0.1) is 0 Å². The topological polar surface area (TPSA) is 58.2 Å². The molecular formula is C12H16ClF3N2O2S. The van der Waals surface area contributed by atoms with Crippen LogP contribution in [0.4, 0.5) is 13.2 Å². The number of benzene rings is 1. The van der Waals surface area contributed by atoms with Gasteiger partial charge in [-0.2, -0.15) is 13.2 Å². The Balaban J connectivity index is 2.76. The van der Waals surface area contributed by atoms with Gasteiger partial charge < -0.3 is 5.32 Å². The van der Waals surface area contributed by atoms with Gasteiger partial charge in [-0.3, -0.25) is 0 Å². The predicted octanol–water partition coefficient (Wildman–Crippen LogP) is 2.68. The number of alkyl halides is 3. The minimum atomic E-state index is -4.30. The molecule has 1 rings (SSSR count). The van der Waals surface area contributed by atoms with Crippen LogP contribution in [0.15, 0.2) is 23.1 Å². The third-order valence-corrected chi connectivity index (χ3v) is 4.54. The van der Waals surface area contributed by atoms with Crippen molar-refractivity contribution in [2.75, 3.05) is 13.6 Å². The number of sulfonamides is 1. The van der Waals surface area contributed by atoms with E-state index in [1.165, 1.54) is 12.1 Å². The minimum Gasteiger partial charge on any atom is -0.316 e. The van der Waals surface area contributed by atoms with E-state index in [0.717, 1.165) is 0 Å². The van der Waals surface area contributed by atoms with Crippen LogP contribution in [0.5, 0.6) is 0 Å². The maximum atomic E-state index is 12.0. The number of nitrogens with one attached hydrogen (secondary N) is 2. The third-order valence-electron chi connectivity index (χ3n) is 2.60. The Morgan fingerprint density at radius 2 is 1.95 bits per heavy atom. The van der Waals surface area contributed by atoms with Gasteiger partial charge in [-0.1, -0.05) is 17.7 Å². The monoisotopic (exact) mass is 344 g/mol. The highest BCUT2D eigenvalue weighted by Gasteiger charge is 2.26. The maximum absolute atomic E-state index is 12.0. The van der Waals surface area contributed by atoms with E-state index >= 15 is 0 Å². The third kappa shape index (κ3) is 6.21. The summed E-state index contributed by atoms with van der Waals surface area (Å²) in [7, 11) is -2.22. The molecule has 0 aliphatic heterocycles. The van der Waals surface area contributed by atoms with Gasteiger partial charge in [-0.15, -0.1) is 0 Å². The van der Waals surface area contributed by atoms with E-state index in [-0.39, 0.29) is 22.9 Å². The molecule has 21 heavy (non-hydrogen) atoms. The lowest BCUT2D eigenvalue weighted by molar-refractivity contribution is -0.135. The zero-order valence-corrected chi connectivity index (χ0v) is 12.9. The Bertz CT molecular complexity index is 576. The first-order chi connectivity index (χ1) is 9.65. The highest BCUT2D eigenvalue weighted by Crippen LogP contribution is 2.23. The van der Waals surface area contributed by atoms with E-state index in [9.17, 15) is 21.6 Å². The van der Waals surface area contributed by atoms with Gasteiger partial charge in [0.15, 0.2) is 0 Å². The molecule has 0 aliphatic carbocycles. The molecule has 1 aromatic carbocycles. The SMILES string of the molecule is CNCc1ccc(Cl)c(S(=O)(=O)NCCCC(F)(F)F)c1. The summed E-state index contributed by atoms with van der Waals surface area (Å²) in [5.74, 6) is 0. The van der Waals surface area contributed by atoms with E-state index in [4.69, 9.17) is 11.6 Å². The van der Waals surface area contributed by atoms with Crippen molar-refractivity contribution in [1.29, 1.82) is 0 Å². The molecule has 2 N–H and O–H groups in total. The molecule has 120 valence electrons. The standard InChI is InChI=1S/C12H16ClF3N2O2S/c1-17-8-9-3-4-10(13)11(7-9)21(19,20)18-6-2-5-12(14,15)16/h3-4,7,17-18H,2,5-6,8H2,1H3. The Hall–Kier alpha value is -0.830. The summed E-state index contributed by atoms with van der Waals surface area (Å²) < 4.78 is 62.2. The molecule has 0 bridgehead atoms. The zero-order chi connectivity index (χ0) is 16.1. The highest BCUT2D eigenvalue weighted by atomic mass is 35.5. The number of hydrogen-bond acceptors (Lipinski definition) is 3. The van der Waals surface area contributed by atoms with E-state index in [0.29, 0.717) is 12.1 Å². The van der Waals surface area contributed by atoms with Crippen molar-refractivity contribution >= 4 is 21.6 Å². The number of rotatable bonds is 7. The maximum Gasteiger partial charge on any atom is 0.389 e. The Morgan fingerprint density at radius 1 is 1.29 bits per heavy atom. The van der Waals surface area contributed by atoms with Crippen LogP contribution in [0.2, 0.25) is 5.02 Å². The van der Waals surface area contributed by atoms with Crippen LogP contribution in [-0.2, 0) is 16.6 Å². The molecule has 0 saturated heterocycles. The first kappa shape index (κ1) is 18.2. The van der Waals surface area contributed by atoms with Crippen LogP contribution in [0.3, 0.4) is 0 Å². The smallest absolute Gasteiger partial charge is 0.316 e. The predicted molar refractivity (Wildman–Crippen MR) is 74.7 cm³/mol. The van der Waals surface area contributed by atoms with E-state index < -0.39 is 22.6 Å². The fourth-order valence-corrected chi connectivity index (χ4v) is 3.26. The van der Waals surface area contributed by atoms with Crippen LogP contribution in [0.1, 0.15) is 18.4 Å². The second-order valence-electron chi connectivity index (χ2n) is 4.41. The van der Waals surface area contributed by atoms with Gasteiger partial charge in [0.05, 0.1) is 5.02 Å². The summed E-state index contributed by atoms with van der Waals surface area (Å²) in [5, 5.41) is 2.89. The Morgan fingerprint density at radius 3 is 2.52 bits per heavy atom. The Labute approximate surface area is 126 Å². The van der Waals surface area contributed by atoms with Gasteiger partial charge in [0.1, 0.15) is 4.90 Å². The molecule has 0 atom stereocenters. The Kier molecular flexibility index (Phi) is 6.45. The van der Waals surface area contributed by atoms with Crippen LogP contribution >= 0.6 is 11.6 Å². The number of hydrogen-bond donors (Lipinski definition) is 2. The average Bonchev–Trinajstić information content (AvgIpc) is 2.36. The van der Waals surface area contributed by atoms with Crippen molar-refractivity contribution in [1.82, 2.24) is 10.0 Å². The largest absolute Gasteiger partial charge is 0.389 e. The summed E-state index contributed by atoms with van der Waals surface area (Å²) in [4.78, 5) is -0.135. The molecule has 0 aliphatic rings. The average molecular weight is 345 g/mol. The second kappa shape index (κ2) is 7.44. The molecule has 0 radical (unpaired) electrons.